The molecular formula is C58H106N4O6. The number of hydrogen-bond acceptors (Lipinski definition) is 9. The first-order chi connectivity index (χ1) is 32.6. The zero-order valence-electron chi connectivity index (χ0n) is 46.5. The Hall–Kier alpha value is -3.08. The molecule has 2 heterocycles. The molecule has 2 amide bonds. The Labute approximate surface area is 418 Å². The summed E-state index contributed by atoms with van der Waals surface area (Å²) in [5.41, 5.74) is 5.14. The van der Waals surface area contributed by atoms with Crippen molar-refractivity contribution in [2.45, 2.75) is 280 Å². The van der Waals surface area contributed by atoms with E-state index in [0.29, 0.717) is 83.6 Å². The number of carbonyl (C=O) groups is 6. The SMILES string of the molecule is CC.CC.CC.CCCC.CCCCCC(N)(CCC(CC1=CC=CCC1)C(=O)CC)C(=O)CNC(C)(CCCCC)C(=O)CC1(CC)CC(CCC)(C(=O)CCCCCN2C(=O)C=CC2=O)N1. The zero-order valence-corrected chi connectivity index (χ0v) is 46.5. The summed E-state index contributed by atoms with van der Waals surface area (Å²) < 4.78 is 0. The number of nitrogens with zero attached hydrogens (tertiary/aromatic N) is 1. The van der Waals surface area contributed by atoms with E-state index >= 15 is 0 Å². The predicted octanol–water partition coefficient (Wildman–Crippen LogP) is 13.4. The molecule has 0 aromatic rings. The van der Waals surface area contributed by atoms with Crippen molar-refractivity contribution in [3.8, 4) is 0 Å². The van der Waals surface area contributed by atoms with Gasteiger partial charge in [0.05, 0.1) is 23.2 Å². The van der Waals surface area contributed by atoms with Crippen molar-refractivity contribution in [3.63, 3.8) is 0 Å². The van der Waals surface area contributed by atoms with Crippen LogP contribution in [0, 0.1) is 5.92 Å². The predicted molar refractivity (Wildman–Crippen MR) is 288 cm³/mol. The van der Waals surface area contributed by atoms with Crippen LogP contribution < -0.4 is 16.4 Å². The molecule has 0 aromatic heterocycles. The molecule has 0 saturated carbocycles. The van der Waals surface area contributed by atoms with E-state index < -0.39 is 22.2 Å². The largest absolute Gasteiger partial charge is 0.319 e. The van der Waals surface area contributed by atoms with Gasteiger partial charge in [-0.2, -0.15) is 0 Å². The second-order valence-corrected chi connectivity index (χ2v) is 19.0. The number of nitrogens with two attached hydrogens (primary N) is 1. The van der Waals surface area contributed by atoms with E-state index in [0.717, 1.165) is 64.2 Å². The summed E-state index contributed by atoms with van der Waals surface area (Å²) in [6.07, 6.45) is 28.0. The maximum absolute atomic E-state index is 14.5. The molecule has 10 nitrogen and oxygen atoms in total. The van der Waals surface area contributed by atoms with Crippen LogP contribution in [0.3, 0.4) is 0 Å². The summed E-state index contributed by atoms with van der Waals surface area (Å²) in [6, 6.07) is 0. The maximum atomic E-state index is 14.5. The summed E-state index contributed by atoms with van der Waals surface area (Å²) in [7, 11) is 0. The molecule has 0 radical (unpaired) electrons. The van der Waals surface area contributed by atoms with Crippen molar-refractivity contribution >= 4 is 34.9 Å². The van der Waals surface area contributed by atoms with E-state index in [2.05, 4.69) is 70.4 Å². The molecule has 3 aliphatic rings. The molecule has 1 fully saturated rings. The number of unbranched alkanes of at least 4 members (excludes halogenated alkanes) is 7. The second kappa shape index (κ2) is 37.7. The standard InChI is InChI=1S/C48H78N4O6.C4H10.3C2H6/c1-7-12-19-29-45(6,50-35-42(56)47(49,30-20-13-8-2)31-27-38(39(53)10-4)33-37-22-16-14-17-23-37)41(55)34-46(11-5)36-48(51-46,28-9-3)40(54)24-18-15-21-32-52-43(57)25-26-44(52)58;1-3-4-2;3*1-2/h14,16,22,25-26,38,50-51H,7-13,15,17-21,23-24,27-36,49H2,1-6H3;3-4H2,1-2H3;3*1-2H3. The number of Topliss-reactive ketones (excluding diaryl/α,β-unsaturated/α-hetero) is 4. The molecule has 394 valence electrons. The van der Waals surface area contributed by atoms with Crippen LogP contribution in [0.1, 0.15) is 257 Å². The Morgan fingerprint density at radius 2 is 1.35 bits per heavy atom. The summed E-state index contributed by atoms with van der Waals surface area (Å²) in [6.45, 7) is 29.0. The second-order valence-electron chi connectivity index (χ2n) is 19.0. The molecule has 0 spiro atoms. The minimum Gasteiger partial charge on any atom is -0.319 e. The van der Waals surface area contributed by atoms with Crippen molar-refractivity contribution in [1.82, 2.24) is 15.5 Å². The number of nitrogens with one attached hydrogen (secondary N) is 2. The minimum absolute atomic E-state index is 0.0132. The van der Waals surface area contributed by atoms with Gasteiger partial charge in [0.15, 0.2) is 17.3 Å². The van der Waals surface area contributed by atoms with Crippen LogP contribution in [0.5, 0.6) is 0 Å². The smallest absolute Gasteiger partial charge is 0.253 e. The van der Waals surface area contributed by atoms with Gasteiger partial charge < -0.3 is 5.73 Å². The van der Waals surface area contributed by atoms with Gasteiger partial charge in [0.25, 0.3) is 11.8 Å². The maximum Gasteiger partial charge on any atom is 0.253 e. The van der Waals surface area contributed by atoms with Crippen LogP contribution >= 0.6 is 0 Å². The average Bonchev–Trinajstić information content (AvgIpc) is 3.68. The van der Waals surface area contributed by atoms with Gasteiger partial charge in [-0.05, 0) is 84.0 Å². The van der Waals surface area contributed by atoms with Gasteiger partial charge in [-0.25, -0.2) is 0 Å². The van der Waals surface area contributed by atoms with E-state index in [1.165, 1.54) is 35.5 Å². The van der Waals surface area contributed by atoms with Crippen molar-refractivity contribution < 1.29 is 28.8 Å². The molecule has 4 N–H and O–H groups in total. The third-order valence-electron chi connectivity index (χ3n) is 13.9. The van der Waals surface area contributed by atoms with Gasteiger partial charge in [-0.3, -0.25) is 44.3 Å². The molecule has 68 heavy (non-hydrogen) atoms. The summed E-state index contributed by atoms with van der Waals surface area (Å²) >= 11 is 0. The molecule has 1 aliphatic carbocycles. The van der Waals surface area contributed by atoms with Crippen molar-refractivity contribution in [1.29, 1.82) is 0 Å². The summed E-state index contributed by atoms with van der Waals surface area (Å²) in [4.78, 5) is 80.7. The lowest BCUT2D eigenvalue weighted by Gasteiger charge is -2.57. The van der Waals surface area contributed by atoms with Gasteiger partial charge in [0.2, 0.25) is 0 Å². The van der Waals surface area contributed by atoms with Crippen LogP contribution in [-0.4, -0.2) is 75.1 Å². The highest BCUT2D eigenvalue weighted by atomic mass is 16.2. The number of allylic oxidation sites excluding steroid dienone is 4. The third-order valence-corrected chi connectivity index (χ3v) is 13.9. The molecule has 1 saturated heterocycles. The summed E-state index contributed by atoms with van der Waals surface area (Å²) in [5, 5.41) is 7.15. The highest BCUT2D eigenvalue weighted by molar-refractivity contribution is 6.12. The number of imide groups is 1. The minimum atomic E-state index is -1.09. The van der Waals surface area contributed by atoms with E-state index in [1.807, 2.05) is 55.4 Å². The van der Waals surface area contributed by atoms with Gasteiger partial charge in [-0.15, -0.1) is 0 Å². The zero-order chi connectivity index (χ0) is 52.2. The highest BCUT2D eigenvalue weighted by Crippen LogP contribution is 2.44. The molecule has 2 aliphatic heterocycles. The monoisotopic (exact) mass is 955 g/mol. The number of ketones is 4. The van der Waals surface area contributed by atoms with E-state index in [4.69, 9.17) is 5.73 Å². The number of amides is 2. The first-order valence-corrected chi connectivity index (χ1v) is 27.9. The van der Waals surface area contributed by atoms with Gasteiger partial charge >= 0.3 is 0 Å². The molecule has 3 rings (SSSR count). The number of rotatable bonds is 33. The van der Waals surface area contributed by atoms with Crippen molar-refractivity contribution in [2.75, 3.05) is 13.1 Å². The Morgan fingerprint density at radius 1 is 0.765 bits per heavy atom. The van der Waals surface area contributed by atoms with Crippen LogP contribution in [0.15, 0.2) is 36.0 Å². The Balaban J connectivity index is 0. The number of hydrogen-bond donors (Lipinski definition) is 3. The van der Waals surface area contributed by atoms with Crippen LogP contribution in [-0.2, 0) is 28.8 Å². The molecule has 0 aromatic carbocycles. The fraction of sp³-hybridized carbons (Fsp3) is 0.793. The van der Waals surface area contributed by atoms with Crippen molar-refractivity contribution in [3.05, 3.63) is 36.0 Å². The fourth-order valence-corrected chi connectivity index (χ4v) is 9.36. The molecule has 5 atom stereocenters. The first-order valence-electron chi connectivity index (χ1n) is 27.9. The van der Waals surface area contributed by atoms with E-state index in [-0.39, 0.29) is 53.8 Å². The Morgan fingerprint density at radius 3 is 1.85 bits per heavy atom. The average molecular weight is 956 g/mol. The Bertz CT molecular complexity index is 1520. The highest BCUT2D eigenvalue weighted by Gasteiger charge is 2.57. The quantitative estimate of drug-likeness (QED) is 0.0430. The lowest BCUT2D eigenvalue weighted by molar-refractivity contribution is -0.140. The Kier molecular flexibility index (Phi) is 37.2. The molecule has 10 heteroatoms. The van der Waals surface area contributed by atoms with Gasteiger partial charge in [0, 0.05) is 49.4 Å². The van der Waals surface area contributed by atoms with Crippen LogP contribution in [0.2, 0.25) is 0 Å². The summed E-state index contributed by atoms with van der Waals surface area (Å²) in [5.74, 6) is -0.410. The van der Waals surface area contributed by atoms with Crippen LogP contribution in [0.25, 0.3) is 0 Å². The normalized spacial score (nSPS) is 20.3. The lowest BCUT2D eigenvalue weighted by atomic mass is 9.62. The lowest BCUT2D eigenvalue weighted by Crippen LogP contribution is -2.76. The van der Waals surface area contributed by atoms with E-state index in [9.17, 15) is 28.8 Å². The van der Waals surface area contributed by atoms with Gasteiger partial charge in [-0.1, -0.05) is 178 Å². The fourth-order valence-electron chi connectivity index (χ4n) is 9.36. The molecule has 0 bridgehead atoms. The topological polar surface area (TPSA) is 156 Å². The van der Waals surface area contributed by atoms with Crippen molar-refractivity contribution in [2.24, 2.45) is 11.7 Å². The number of carbonyl (C=O) groups excluding carboxylic acids is 6. The van der Waals surface area contributed by atoms with Crippen LogP contribution in [0.4, 0.5) is 0 Å². The molecule has 5 unspecified atom stereocenters. The first kappa shape index (κ1) is 67.0. The molecular weight excluding hydrogens is 849 g/mol. The van der Waals surface area contributed by atoms with Gasteiger partial charge in [0.1, 0.15) is 5.78 Å². The third kappa shape index (κ3) is 22.8. The van der Waals surface area contributed by atoms with E-state index in [1.54, 1.807) is 0 Å².